The Morgan fingerprint density at radius 3 is 2.86 bits per heavy atom. The first kappa shape index (κ1) is 11.3. The average molecular weight is 199 g/mol. The zero-order valence-corrected chi connectivity index (χ0v) is 8.87. The second-order valence-electron chi connectivity index (χ2n) is 4.07. The zero-order chi connectivity index (χ0) is 10.4. The zero-order valence-electron chi connectivity index (χ0n) is 8.87. The van der Waals surface area contributed by atoms with E-state index >= 15 is 0 Å². The highest BCUT2D eigenvalue weighted by Crippen LogP contribution is 2.27. The molecule has 0 aliphatic heterocycles. The molecule has 2 unspecified atom stereocenters. The lowest BCUT2D eigenvalue weighted by Crippen LogP contribution is -2.36. The Labute approximate surface area is 85.6 Å². The molecule has 14 heavy (non-hydrogen) atoms. The summed E-state index contributed by atoms with van der Waals surface area (Å²) in [5.74, 6) is 1.65. The fraction of sp³-hybridized carbons (Fsp3) is 0.900. The first-order valence-corrected chi connectivity index (χ1v) is 5.33. The third kappa shape index (κ3) is 3.54. The SMILES string of the molecule is CN=C(N)NCC1CCCC(CO)C1. The van der Waals surface area contributed by atoms with Crippen molar-refractivity contribution >= 4 is 5.96 Å². The summed E-state index contributed by atoms with van der Waals surface area (Å²) < 4.78 is 0. The van der Waals surface area contributed by atoms with E-state index in [9.17, 15) is 0 Å². The summed E-state index contributed by atoms with van der Waals surface area (Å²) in [4.78, 5) is 3.85. The summed E-state index contributed by atoms with van der Waals surface area (Å²) in [5, 5.41) is 12.2. The minimum absolute atomic E-state index is 0.327. The molecule has 1 saturated carbocycles. The van der Waals surface area contributed by atoms with E-state index in [1.54, 1.807) is 7.05 Å². The maximum absolute atomic E-state index is 9.06. The number of aliphatic hydroxyl groups excluding tert-OH is 1. The van der Waals surface area contributed by atoms with Gasteiger partial charge in [-0.1, -0.05) is 6.42 Å². The monoisotopic (exact) mass is 199 g/mol. The first-order valence-electron chi connectivity index (χ1n) is 5.33. The van der Waals surface area contributed by atoms with Crippen LogP contribution in [0.15, 0.2) is 4.99 Å². The fourth-order valence-corrected chi connectivity index (χ4v) is 2.08. The molecule has 0 radical (unpaired) electrons. The average Bonchev–Trinajstić information content (AvgIpc) is 2.26. The lowest BCUT2D eigenvalue weighted by molar-refractivity contribution is 0.161. The number of guanidine groups is 1. The van der Waals surface area contributed by atoms with Crippen molar-refractivity contribution in [3.05, 3.63) is 0 Å². The number of hydrogen-bond acceptors (Lipinski definition) is 2. The second-order valence-corrected chi connectivity index (χ2v) is 4.07. The van der Waals surface area contributed by atoms with Gasteiger partial charge in [-0.2, -0.15) is 0 Å². The number of rotatable bonds is 3. The number of nitrogens with one attached hydrogen (secondary N) is 1. The molecule has 2 atom stereocenters. The minimum Gasteiger partial charge on any atom is -0.396 e. The van der Waals surface area contributed by atoms with Crippen molar-refractivity contribution in [1.29, 1.82) is 0 Å². The van der Waals surface area contributed by atoms with Gasteiger partial charge in [-0.15, -0.1) is 0 Å². The molecule has 0 aromatic carbocycles. The lowest BCUT2D eigenvalue weighted by atomic mass is 9.82. The highest BCUT2D eigenvalue weighted by molar-refractivity contribution is 5.77. The van der Waals surface area contributed by atoms with E-state index in [1.807, 2.05) is 0 Å². The maximum atomic E-state index is 9.06. The predicted molar refractivity (Wildman–Crippen MR) is 58.1 cm³/mol. The molecule has 1 aliphatic carbocycles. The molecule has 4 N–H and O–H groups in total. The van der Waals surface area contributed by atoms with E-state index in [0.29, 0.717) is 24.4 Å². The van der Waals surface area contributed by atoms with E-state index in [1.165, 1.54) is 19.3 Å². The molecule has 0 bridgehead atoms. The quantitative estimate of drug-likeness (QED) is 0.453. The van der Waals surface area contributed by atoms with Gasteiger partial charge in [0.15, 0.2) is 5.96 Å². The van der Waals surface area contributed by atoms with Crippen LogP contribution in [-0.4, -0.2) is 31.3 Å². The van der Waals surface area contributed by atoms with E-state index in [2.05, 4.69) is 10.3 Å². The molecule has 1 fully saturated rings. The largest absolute Gasteiger partial charge is 0.396 e. The van der Waals surface area contributed by atoms with Crippen LogP contribution in [0, 0.1) is 11.8 Å². The Morgan fingerprint density at radius 1 is 1.50 bits per heavy atom. The van der Waals surface area contributed by atoms with E-state index < -0.39 is 0 Å². The van der Waals surface area contributed by atoms with Gasteiger partial charge in [0.25, 0.3) is 0 Å². The van der Waals surface area contributed by atoms with Gasteiger partial charge in [0.2, 0.25) is 0 Å². The molecule has 0 amide bonds. The van der Waals surface area contributed by atoms with Crippen molar-refractivity contribution < 1.29 is 5.11 Å². The van der Waals surface area contributed by atoms with Crippen LogP contribution in [-0.2, 0) is 0 Å². The number of hydrogen-bond donors (Lipinski definition) is 3. The summed E-state index contributed by atoms with van der Waals surface area (Å²) >= 11 is 0. The third-order valence-corrected chi connectivity index (χ3v) is 2.96. The third-order valence-electron chi connectivity index (χ3n) is 2.96. The van der Waals surface area contributed by atoms with Crippen molar-refractivity contribution in [3.8, 4) is 0 Å². The first-order chi connectivity index (χ1) is 6.76. The van der Waals surface area contributed by atoms with Gasteiger partial charge in [0.1, 0.15) is 0 Å². The Hall–Kier alpha value is -0.770. The molecule has 0 spiro atoms. The highest BCUT2D eigenvalue weighted by atomic mass is 16.3. The van der Waals surface area contributed by atoms with Crippen LogP contribution in [0.2, 0.25) is 0 Å². The predicted octanol–water partition coefficient (Wildman–Crippen LogP) is 0.319. The molecule has 4 nitrogen and oxygen atoms in total. The summed E-state index contributed by atoms with van der Waals surface area (Å²) in [6.07, 6.45) is 4.74. The Morgan fingerprint density at radius 2 is 2.21 bits per heavy atom. The smallest absolute Gasteiger partial charge is 0.188 e. The van der Waals surface area contributed by atoms with Crippen LogP contribution < -0.4 is 11.1 Å². The Balaban J connectivity index is 2.24. The normalized spacial score (nSPS) is 28.9. The molecular weight excluding hydrogens is 178 g/mol. The van der Waals surface area contributed by atoms with Gasteiger partial charge in [0.05, 0.1) is 0 Å². The van der Waals surface area contributed by atoms with Crippen molar-refractivity contribution in [2.24, 2.45) is 22.6 Å². The van der Waals surface area contributed by atoms with Crippen molar-refractivity contribution in [1.82, 2.24) is 5.32 Å². The minimum atomic E-state index is 0.327. The van der Waals surface area contributed by atoms with Gasteiger partial charge < -0.3 is 16.2 Å². The van der Waals surface area contributed by atoms with E-state index in [4.69, 9.17) is 10.8 Å². The van der Waals surface area contributed by atoms with Crippen molar-refractivity contribution in [3.63, 3.8) is 0 Å². The highest BCUT2D eigenvalue weighted by Gasteiger charge is 2.20. The Kier molecular flexibility index (Phi) is 4.73. The van der Waals surface area contributed by atoms with Crippen molar-refractivity contribution in [2.45, 2.75) is 25.7 Å². The van der Waals surface area contributed by atoms with Gasteiger partial charge in [-0.05, 0) is 31.1 Å². The number of aliphatic hydroxyl groups is 1. The molecule has 0 saturated heterocycles. The van der Waals surface area contributed by atoms with Gasteiger partial charge in [0, 0.05) is 20.2 Å². The standard InChI is InChI=1S/C10H21N3O/c1-12-10(11)13-6-8-3-2-4-9(5-8)7-14/h8-9,14H,2-7H2,1H3,(H3,11,12,13). The summed E-state index contributed by atoms with van der Waals surface area (Å²) in [6, 6.07) is 0. The van der Waals surface area contributed by atoms with Gasteiger partial charge in [-0.25, -0.2) is 0 Å². The molecule has 1 rings (SSSR count). The molecule has 82 valence electrons. The molecule has 1 aliphatic rings. The van der Waals surface area contributed by atoms with Crippen LogP contribution in [0.5, 0.6) is 0 Å². The topological polar surface area (TPSA) is 70.6 Å². The summed E-state index contributed by atoms with van der Waals surface area (Å²) in [5.41, 5.74) is 5.55. The fourth-order valence-electron chi connectivity index (χ4n) is 2.08. The molecule has 0 aromatic heterocycles. The van der Waals surface area contributed by atoms with E-state index in [0.717, 1.165) is 13.0 Å². The van der Waals surface area contributed by atoms with Crippen LogP contribution in [0.3, 0.4) is 0 Å². The number of nitrogens with two attached hydrogens (primary N) is 1. The van der Waals surface area contributed by atoms with Crippen LogP contribution in [0.1, 0.15) is 25.7 Å². The van der Waals surface area contributed by atoms with Crippen molar-refractivity contribution in [2.75, 3.05) is 20.2 Å². The lowest BCUT2D eigenvalue weighted by Gasteiger charge is -2.28. The van der Waals surface area contributed by atoms with Crippen LogP contribution >= 0.6 is 0 Å². The molecule has 0 heterocycles. The number of aliphatic imine (C=N–C) groups is 1. The van der Waals surface area contributed by atoms with Gasteiger partial charge >= 0.3 is 0 Å². The summed E-state index contributed by atoms with van der Waals surface area (Å²) in [6.45, 7) is 1.22. The summed E-state index contributed by atoms with van der Waals surface area (Å²) in [7, 11) is 1.68. The number of nitrogens with zero attached hydrogens (tertiary/aromatic N) is 1. The van der Waals surface area contributed by atoms with Crippen LogP contribution in [0.25, 0.3) is 0 Å². The van der Waals surface area contributed by atoms with Gasteiger partial charge in [-0.3, -0.25) is 4.99 Å². The van der Waals surface area contributed by atoms with Crippen LogP contribution in [0.4, 0.5) is 0 Å². The molecule has 0 aromatic rings. The maximum Gasteiger partial charge on any atom is 0.188 e. The molecular formula is C10H21N3O. The van der Waals surface area contributed by atoms with E-state index in [-0.39, 0.29) is 0 Å². The molecule has 4 heteroatoms. The second kappa shape index (κ2) is 5.86. The Bertz CT molecular complexity index is 194.